The van der Waals surface area contributed by atoms with Gasteiger partial charge in [-0.2, -0.15) is 0 Å². The number of carbonyl (C=O) groups excluding carboxylic acids is 1. The number of fused-ring (bicyclic) bond motifs is 2. The molecular formula is C21H22FN3O. The van der Waals surface area contributed by atoms with Crippen molar-refractivity contribution in [2.75, 3.05) is 19.6 Å². The predicted octanol–water partition coefficient (Wildman–Crippen LogP) is 2.92. The zero-order valence-electron chi connectivity index (χ0n) is 14.6. The highest BCUT2D eigenvalue weighted by atomic mass is 19.1. The zero-order chi connectivity index (χ0) is 17.7. The van der Waals surface area contributed by atoms with Gasteiger partial charge >= 0.3 is 0 Å². The maximum Gasteiger partial charge on any atom is 0.254 e. The van der Waals surface area contributed by atoms with E-state index in [9.17, 15) is 9.18 Å². The van der Waals surface area contributed by atoms with Crippen molar-refractivity contribution in [1.82, 2.24) is 14.8 Å². The van der Waals surface area contributed by atoms with Gasteiger partial charge in [0.05, 0.1) is 6.04 Å². The SMILES string of the molecule is O=C(c1ccncc1)N1C[C@H](c2ccc(F)cc2)[C@H]2[C@@H]1C1CCN2CC1. The molecule has 134 valence electrons. The first-order valence-electron chi connectivity index (χ1n) is 9.43. The number of piperidine rings is 3. The molecule has 4 aliphatic heterocycles. The molecule has 0 aliphatic carbocycles. The molecule has 1 amide bonds. The lowest BCUT2D eigenvalue weighted by molar-refractivity contribution is -0.00341. The molecule has 0 saturated carbocycles. The standard InChI is InChI=1S/C21H22FN3O/c22-17-3-1-14(2-4-17)18-13-25(21(26)16-5-9-23-10-6-16)19-15-7-11-24(12-8-15)20(18)19/h1-6,9-10,15,18-20H,7-8,11-13H2/t18-,19+,20+/m1/s1. The Morgan fingerprint density at radius 3 is 2.38 bits per heavy atom. The van der Waals surface area contributed by atoms with Gasteiger partial charge in [-0.05, 0) is 61.7 Å². The number of rotatable bonds is 2. The summed E-state index contributed by atoms with van der Waals surface area (Å²) in [7, 11) is 0. The van der Waals surface area contributed by atoms with Crippen LogP contribution >= 0.6 is 0 Å². The average Bonchev–Trinajstić information content (AvgIpc) is 3.12. The summed E-state index contributed by atoms with van der Waals surface area (Å²) in [5.41, 5.74) is 1.84. The lowest BCUT2D eigenvalue weighted by atomic mass is 9.75. The largest absolute Gasteiger partial charge is 0.333 e. The minimum Gasteiger partial charge on any atom is -0.333 e. The second-order valence-electron chi connectivity index (χ2n) is 7.71. The summed E-state index contributed by atoms with van der Waals surface area (Å²) in [4.78, 5) is 21.9. The van der Waals surface area contributed by atoms with Gasteiger partial charge in [0.2, 0.25) is 0 Å². The first kappa shape index (κ1) is 15.9. The lowest BCUT2D eigenvalue weighted by Crippen LogP contribution is -2.60. The first-order chi connectivity index (χ1) is 12.7. The molecule has 6 rings (SSSR count). The van der Waals surface area contributed by atoms with Gasteiger partial charge in [0.15, 0.2) is 0 Å². The molecule has 2 bridgehead atoms. The molecule has 4 saturated heterocycles. The van der Waals surface area contributed by atoms with E-state index in [-0.39, 0.29) is 23.7 Å². The van der Waals surface area contributed by atoms with Crippen molar-refractivity contribution in [2.24, 2.45) is 5.92 Å². The second-order valence-corrected chi connectivity index (χ2v) is 7.71. The van der Waals surface area contributed by atoms with Crippen LogP contribution in [0.2, 0.25) is 0 Å². The molecule has 4 aliphatic rings. The summed E-state index contributed by atoms with van der Waals surface area (Å²) in [6.07, 6.45) is 5.68. The van der Waals surface area contributed by atoms with Crippen LogP contribution in [0.1, 0.15) is 34.7 Å². The van der Waals surface area contributed by atoms with Crippen molar-refractivity contribution in [2.45, 2.75) is 30.8 Å². The number of aromatic nitrogens is 1. The third-order valence-electron chi connectivity index (χ3n) is 6.48. The van der Waals surface area contributed by atoms with Crippen molar-refractivity contribution >= 4 is 5.91 Å². The van der Waals surface area contributed by atoms with E-state index in [1.165, 1.54) is 12.1 Å². The minimum atomic E-state index is -0.210. The molecule has 1 aromatic carbocycles. The number of likely N-dealkylation sites (tertiary alicyclic amines) is 1. The van der Waals surface area contributed by atoms with E-state index in [1.807, 2.05) is 12.1 Å². The van der Waals surface area contributed by atoms with Gasteiger partial charge in [0.1, 0.15) is 5.82 Å². The Balaban J connectivity index is 1.52. The van der Waals surface area contributed by atoms with Crippen molar-refractivity contribution < 1.29 is 9.18 Å². The molecule has 0 N–H and O–H groups in total. The Labute approximate surface area is 152 Å². The Kier molecular flexibility index (Phi) is 3.78. The Morgan fingerprint density at radius 1 is 1.00 bits per heavy atom. The molecule has 4 nitrogen and oxygen atoms in total. The number of halogens is 1. The van der Waals surface area contributed by atoms with Crippen LogP contribution in [0, 0.1) is 11.7 Å². The zero-order valence-corrected chi connectivity index (χ0v) is 14.6. The Hall–Kier alpha value is -2.27. The Bertz CT molecular complexity index is 802. The fraction of sp³-hybridized carbons (Fsp3) is 0.429. The number of hydrogen-bond donors (Lipinski definition) is 0. The van der Waals surface area contributed by atoms with Crippen LogP contribution in [0.5, 0.6) is 0 Å². The van der Waals surface area contributed by atoms with E-state index in [2.05, 4.69) is 14.8 Å². The number of nitrogens with zero attached hydrogens (tertiary/aromatic N) is 3. The lowest BCUT2D eigenvalue weighted by Gasteiger charge is -2.51. The molecular weight excluding hydrogens is 329 g/mol. The number of benzene rings is 1. The third kappa shape index (κ3) is 2.45. The van der Waals surface area contributed by atoms with Gasteiger partial charge < -0.3 is 4.90 Å². The van der Waals surface area contributed by atoms with Crippen LogP contribution in [0.15, 0.2) is 48.8 Å². The smallest absolute Gasteiger partial charge is 0.254 e. The van der Waals surface area contributed by atoms with E-state index < -0.39 is 0 Å². The van der Waals surface area contributed by atoms with Crippen molar-refractivity contribution in [3.05, 3.63) is 65.7 Å². The van der Waals surface area contributed by atoms with E-state index in [0.717, 1.165) is 31.5 Å². The number of pyridine rings is 1. The fourth-order valence-corrected chi connectivity index (χ4v) is 5.32. The molecule has 3 atom stereocenters. The fourth-order valence-electron chi connectivity index (χ4n) is 5.32. The van der Waals surface area contributed by atoms with Crippen LogP contribution in [-0.2, 0) is 0 Å². The van der Waals surface area contributed by atoms with Gasteiger partial charge in [-0.1, -0.05) is 12.1 Å². The number of hydrogen-bond acceptors (Lipinski definition) is 3. The predicted molar refractivity (Wildman–Crippen MR) is 96.3 cm³/mol. The van der Waals surface area contributed by atoms with Crippen molar-refractivity contribution in [1.29, 1.82) is 0 Å². The summed E-state index contributed by atoms with van der Waals surface area (Å²) >= 11 is 0. The average molecular weight is 351 g/mol. The van der Waals surface area contributed by atoms with Crippen LogP contribution in [-0.4, -0.2) is 52.4 Å². The minimum absolute atomic E-state index is 0.0979. The molecule has 0 unspecified atom stereocenters. The van der Waals surface area contributed by atoms with Gasteiger partial charge in [-0.25, -0.2) is 4.39 Å². The molecule has 5 heteroatoms. The number of carbonyl (C=O) groups is 1. The maximum atomic E-state index is 13.4. The van der Waals surface area contributed by atoms with Crippen molar-refractivity contribution in [3.8, 4) is 0 Å². The van der Waals surface area contributed by atoms with Gasteiger partial charge in [-0.3, -0.25) is 14.7 Å². The highest BCUT2D eigenvalue weighted by molar-refractivity contribution is 5.94. The van der Waals surface area contributed by atoms with Gasteiger partial charge in [-0.15, -0.1) is 0 Å². The molecule has 2 aromatic rings. The number of amides is 1. The van der Waals surface area contributed by atoms with E-state index in [4.69, 9.17) is 0 Å². The van der Waals surface area contributed by atoms with E-state index in [1.54, 1.807) is 24.5 Å². The van der Waals surface area contributed by atoms with Gasteiger partial charge in [0.25, 0.3) is 5.91 Å². The van der Waals surface area contributed by atoms with Crippen LogP contribution < -0.4 is 0 Å². The van der Waals surface area contributed by atoms with Crippen molar-refractivity contribution in [3.63, 3.8) is 0 Å². The summed E-state index contributed by atoms with van der Waals surface area (Å²) in [5.74, 6) is 0.704. The summed E-state index contributed by atoms with van der Waals surface area (Å²) < 4.78 is 13.4. The quantitative estimate of drug-likeness (QED) is 0.835. The van der Waals surface area contributed by atoms with Crippen LogP contribution in [0.3, 0.4) is 0 Å². The van der Waals surface area contributed by atoms with E-state index >= 15 is 0 Å². The highest BCUT2D eigenvalue weighted by Crippen LogP contribution is 2.46. The summed E-state index contributed by atoms with van der Waals surface area (Å²) in [6.45, 7) is 2.93. The van der Waals surface area contributed by atoms with Crippen LogP contribution in [0.4, 0.5) is 4.39 Å². The topological polar surface area (TPSA) is 36.4 Å². The highest BCUT2D eigenvalue weighted by Gasteiger charge is 2.54. The molecule has 0 spiro atoms. The van der Waals surface area contributed by atoms with E-state index in [0.29, 0.717) is 24.1 Å². The first-order valence-corrected chi connectivity index (χ1v) is 9.43. The molecule has 4 fully saturated rings. The molecule has 5 heterocycles. The maximum absolute atomic E-state index is 13.4. The molecule has 0 radical (unpaired) electrons. The Morgan fingerprint density at radius 2 is 1.69 bits per heavy atom. The van der Waals surface area contributed by atoms with Gasteiger partial charge in [0, 0.05) is 36.5 Å². The third-order valence-corrected chi connectivity index (χ3v) is 6.48. The molecule has 26 heavy (non-hydrogen) atoms. The molecule has 1 aromatic heterocycles. The summed E-state index contributed by atoms with van der Waals surface area (Å²) in [5, 5.41) is 0. The van der Waals surface area contributed by atoms with Crippen LogP contribution in [0.25, 0.3) is 0 Å². The summed E-state index contributed by atoms with van der Waals surface area (Å²) in [6, 6.07) is 11.0. The monoisotopic (exact) mass is 351 g/mol. The second kappa shape index (κ2) is 6.16. The normalized spacial score (nSPS) is 32.5.